The molecule has 1 aliphatic rings. The lowest BCUT2D eigenvalue weighted by Gasteiger charge is -2.30. The fraction of sp³-hybridized carbons (Fsp3) is 0.412. The number of benzene rings is 2. The molecule has 1 saturated carbocycles. The van der Waals surface area contributed by atoms with Crippen molar-refractivity contribution in [3.05, 3.63) is 72.6 Å². The Hall–Kier alpha value is -4.40. The number of nitrogens with zero attached hydrogens (tertiary/aromatic N) is 5. The topological polar surface area (TPSA) is 105 Å². The fourth-order valence-corrected chi connectivity index (χ4v) is 5.93. The Morgan fingerprint density at radius 3 is 1.79 bits per heavy atom. The average Bonchev–Trinajstić information content (AvgIpc) is 3.79. The van der Waals surface area contributed by atoms with Crippen molar-refractivity contribution in [3.63, 3.8) is 0 Å². The van der Waals surface area contributed by atoms with Crippen LogP contribution in [0.15, 0.2) is 65.9 Å². The van der Waals surface area contributed by atoms with Crippen LogP contribution in [-0.4, -0.2) is 69.8 Å². The maximum atomic E-state index is 12.9. The van der Waals surface area contributed by atoms with Crippen LogP contribution in [0.1, 0.15) is 51.2 Å². The molecule has 0 atom stereocenters. The van der Waals surface area contributed by atoms with Crippen LogP contribution in [0.4, 0.5) is 0 Å². The van der Waals surface area contributed by atoms with Gasteiger partial charge in [-0.25, -0.2) is 15.0 Å². The van der Waals surface area contributed by atoms with E-state index in [-0.39, 0.29) is 11.3 Å². The third kappa shape index (κ3) is 6.98. The Morgan fingerprint density at radius 1 is 0.814 bits per heavy atom. The molecule has 0 radical (unpaired) electrons. The minimum Gasteiger partial charge on any atom is -0.349 e. The third-order valence-electron chi connectivity index (χ3n) is 8.53. The van der Waals surface area contributed by atoms with Crippen LogP contribution in [0.2, 0.25) is 0 Å². The SMILES string of the molecule is CN(C)C(=NCc1ncc(-c2ccc(-c3ccc(-c4cnc(CNC(=O)C(C)(C)C5CCCC5)[nH]4)cc3)cc2)[nH]1)N(C)C. The van der Waals surface area contributed by atoms with Crippen molar-refractivity contribution in [2.75, 3.05) is 28.2 Å². The number of rotatable bonds is 9. The highest BCUT2D eigenvalue weighted by atomic mass is 16.2. The summed E-state index contributed by atoms with van der Waals surface area (Å²) in [5.74, 6) is 3.04. The van der Waals surface area contributed by atoms with E-state index in [1.54, 1.807) is 0 Å². The summed E-state index contributed by atoms with van der Waals surface area (Å²) < 4.78 is 0. The molecule has 9 heteroatoms. The molecular weight excluding hydrogens is 536 g/mol. The van der Waals surface area contributed by atoms with Crippen LogP contribution in [0.25, 0.3) is 33.6 Å². The van der Waals surface area contributed by atoms with Crippen molar-refractivity contribution in [2.45, 2.75) is 52.6 Å². The maximum Gasteiger partial charge on any atom is 0.226 e. The number of carbonyl (C=O) groups excluding carboxylic acids is 1. The summed E-state index contributed by atoms with van der Waals surface area (Å²) >= 11 is 0. The molecule has 1 amide bonds. The number of aromatic amines is 2. The molecule has 2 aromatic carbocycles. The maximum absolute atomic E-state index is 12.9. The van der Waals surface area contributed by atoms with Crippen molar-refractivity contribution in [2.24, 2.45) is 16.3 Å². The molecule has 0 saturated heterocycles. The van der Waals surface area contributed by atoms with Gasteiger partial charge in [-0.1, -0.05) is 75.2 Å². The quantitative estimate of drug-likeness (QED) is 0.168. The van der Waals surface area contributed by atoms with Crippen molar-refractivity contribution >= 4 is 11.9 Å². The summed E-state index contributed by atoms with van der Waals surface area (Å²) in [6.45, 7) is 5.02. The zero-order valence-corrected chi connectivity index (χ0v) is 26.2. The van der Waals surface area contributed by atoms with Gasteiger partial charge in [0, 0.05) is 33.6 Å². The summed E-state index contributed by atoms with van der Waals surface area (Å²) in [5, 5.41) is 3.10. The van der Waals surface area contributed by atoms with Gasteiger partial charge in [0.1, 0.15) is 18.2 Å². The molecule has 1 aliphatic carbocycles. The molecule has 0 spiro atoms. The summed E-state index contributed by atoms with van der Waals surface area (Å²) in [4.78, 5) is 37.4. The molecule has 5 rings (SSSR count). The Labute approximate surface area is 254 Å². The van der Waals surface area contributed by atoms with Gasteiger partial charge >= 0.3 is 0 Å². The second-order valence-corrected chi connectivity index (χ2v) is 12.4. The van der Waals surface area contributed by atoms with Crippen molar-refractivity contribution in [3.8, 4) is 33.6 Å². The highest BCUT2D eigenvalue weighted by Crippen LogP contribution is 2.39. The normalized spacial score (nSPS) is 13.6. The number of hydrogen-bond donors (Lipinski definition) is 3. The number of aromatic nitrogens is 4. The van der Waals surface area contributed by atoms with Crippen LogP contribution >= 0.6 is 0 Å². The highest BCUT2D eigenvalue weighted by Gasteiger charge is 2.37. The van der Waals surface area contributed by atoms with E-state index in [2.05, 4.69) is 92.6 Å². The van der Waals surface area contributed by atoms with Gasteiger partial charge in [0.15, 0.2) is 5.96 Å². The number of guanidine groups is 1. The number of H-pyrrole nitrogens is 2. The Balaban J connectivity index is 1.18. The van der Waals surface area contributed by atoms with E-state index in [9.17, 15) is 4.79 Å². The average molecular weight is 581 g/mol. The van der Waals surface area contributed by atoms with Gasteiger partial charge in [0.25, 0.3) is 0 Å². The van der Waals surface area contributed by atoms with Gasteiger partial charge in [-0.15, -0.1) is 0 Å². The molecule has 0 bridgehead atoms. The second-order valence-electron chi connectivity index (χ2n) is 12.4. The lowest BCUT2D eigenvalue weighted by Crippen LogP contribution is -2.41. The van der Waals surface area contributed by atoms with E-state index in [4.69, 9.17) is 0 Å². The van der Waals surface area contributed by atoms with Crippen LogP contribution in [0.5, 0.6) is 0 Å². The zero-order chi connectivity index (χ0) is 30.6. The molecule has 3 N–H and O–H groups in total. The number of aliphatic imine (C=N–C) groups is 1. The van der Waals surface area contributed by atoms with E-state index >= 15 is 0 Å². The minimum absolute atomic E-state index is 0.105. The molecule has 4 aromatic rings. The second kappa shape index (κ2) is 12.9. The van der Waals surface area contributed by atoms with E-state index in [0.717, 1.165) is 64.1 Å². The van der Waals surface area contributed by atoms with Gasteiger partial charge in [0.2, 0.25) is 5.91 Å². The summed E-state index contributed by atoms with van der Waals surface area (Å²) in [5.41, 5.74) is 5.96. The van der Waals surface area contributed by atoms with E-state index in [0.29, 0.717) is 19.0 Å². The number of imidazole rings is 2. The largest absolute Gasteiger partial charge is 0.349 e. The van der Waals surface area contributed by atoms with Crippen LogP contribution < -0.4 is 5.32 Å². The molecular formula is C34H44N8O. The Bertz CT molecular complexity index is 1530. The number of carbonyl (C=O) groups is 1. The first kappa shape index (κ1) is 30.1. The van der Waals surface area contributed by atoms with Gasteiger partial charge in [-0.05, 0) is 41.0 Å². The first-order valence-electron chi connectivity index (χ1n) is 15.1. The number of amides is 1. The van der Waals surface area contributed by atoms with Crippen molar-refractivity contribution in [1.82, 2.24) is 35.1 Å². The predicted octanol–water partition coefficient (Wildman–Crippen LogP) is 5.95. The molecule has 2 aromatic heterocycles. The van der Waals surface area contributed by atoms with Crippen LogP contribution in [0.3, 0.4) is 0 Å². The Kier molecular flexibility index (Phi) is 8.99. The first-order chi connectivity index (χ1) is 20.6. The highest BCUT2D eigenvalue weighted by molar-refractivity contribution is 5.82. The van der Waals surface area contributed by atoms with Gasteiger partial charge < -0.3 is 25.1 Å². The lowest BCUT2D eigenvalue weighted by atomic mass is 9.77. The molecule has 0 unspecified atom stereocenters. The fourth-order valence-electron chi connectivity index (χ4n) is 5.93. The minimum atomic E-state index is -0.349. The van der Waals surface area contributed by atoms with E-state index in [1.165, 1.54) is 12.8 Å². The van der Waals surface area contributed by atoms with Gasteiger partial charge in [0.05, 0.1) is 30.3 Å². The zero-order valence-electron chi connectivity index (χ0n) is 26.2. The Morgan fingerprint density at radius 2 is 1.28 bits per heavy atom. The molecule has 43 heavy (non-hydrogen) atoms. The molecule has 226 valence electrons. The van der Waals surface area contributed by atoms with E-state index in [1.807, 2.05) is 50.4 Å². The van der Waals surface area contributed by atoms with Crippen molar-refractivity contribution in [1.29, 1.82) is 0 Å². The number of hydrogen-bond acceptors (Lipinski definition) is 4. The molecule has 0 aliphatic heterocycles. The lowest BCUT2D eigenvalue weighted by molar-refractivity contribution is -0.132. The molecule has 1 fully saturated rings. The summed E-state index contributed by atoms with van der Waals surface area (Å²) in [6.07, 6.45) is 8.43. The first-order valence-corrected chi connectivity index (χ1v) is 15.1. The smallest absolute Gasteiger partial charge is 0.226 e. The standard InChI is InChI=1S/C34H44N8O/c1-34(2,27-9-7-8-10-27)32(43)37-21-30-35-19-28(39-30)25-15-11-23(12-16-25)24-13-17-26(18-14-24)29-20-36-31(40-29)22-38-33(41(3)4)42(5)6/h11-20,27H,7-10,21-22H2,1-6H3,(H,35,39)(H,36,40)(H,37,43). The summed E-state index contributed by atoms with van der Waals surface area (Å²) in [7, 11) is 7.93. The van der Waals surface area contributed by atoms with E-state index < -0.39 is 0 Å². The van der Waals surface area contributed by atoms with Crippen molar-refractivity contribution < 1.29 is 4.79 Å². The predicted molar refractivity (Wildman–Crippen MR) is 173 cm³/mol. The van der Waals surface area contributed by atoms with Crippen LogP contribution in [-0.2, 0) is 17.9 Å². The summed E-state index contributed by atoms with van der Waals surface area (Å²) in [6, 6.07) is 16.9. The third-order valence-corrected chi connectivity index (χ3v) is 8.53. The van der Waals surface area contributed by atoms with Gasteiger partial charge in [-0.3, -0.25) is 4.79 Å². The molecule has 2 heterocycles. The monoisotopic (exact) mass is 580 g/mol. The number of nitrogens with one attached hydrogen (secondary N) is 3. The van der Waals surface area contributed by atoms with Crippen LogP contribution in [0, 0.1) is 11.3 Å². The molecule has 9 nitrogen and oxygen atoms in total. The van der Waals surface area contributed by atoms with Gasteiger partial charge in [-0.2, -0.15) is 0 Å².